The first-order valence-corrected chi connectivity index (χ1v) is 6.40. The molecule has 0 heterocycles. The molecule has 0 atom stereocenters. The second kappa shape index (κ2) is 6.33. The summed E-state index contributed by atoms with van der Waals surface area (Å²) in [6, 6.07) is 6.85. The van der Waals surface area contributed by atoms with Gasteiger partial charge in [-0.3, -0.25) is 9.59 Å². The van der Waals surface area contributed by atoms with Crippen molar-refractivity contribution in [1.82, 2.24) is 5.32 Å². The number of benzene rings is 1. The molecule has 0 radical (unpaired) electrons. The van der Waals surface area contributed by atoms with Crippen LogP contribution in [-0.2, 0) is 4.79 Å². The van der Waals surface area contributed by atoms with Gasteiger partial charge in [0.2, 0.25) is 5.91 Å². The maximum absolute atomic E-state index is 12.2. The molecule has 1 aromatic carbocycles. The highest BCUT2D eigenvalue weighted by Gasteiger charge is 2.30. The standard InChI is InChI=1S/C14H21N3O2/c1-4-14(15,5-2)13(19)17-11-9-7-6-8-10(11)12(18)16-3/h6-9H,4-5,15H2,1-3H3,(H,16,18)(H,17,19). The van der Waals surface area contributed by atoms with Crippen LogP contribution >= 0.6 is 0 Å². The van der Waals surface area contributed by atoms with Crippen molar-refractivity contribution in [2.75, 3.05) is 12.4 Å². The third-order valence-electron chi connectivity index (χ3n) is 3.36. The lowest BCUT2D eigenvalue weighted by Crippen LogP contribution is -2.50. The summed E-state index contributed by atoms with van der Waals surface area (Å²) < 4.78 is 0. The van der Waals surface area contributed by atoms with Crippen LogP contribution in [0.2, 0.25) is 0 Å². The number of para-hydroxylation sites is 1. The summed E-state index contributed by atoms with van der Waals surface area (Å²) in [4.78, 5) is 23.9. The van der Waals surface area contributed by atoms with Gasteiger partial charge in [-0.05, 0) is 25.0 Å². The summed E-state index contributed by atoms with van der Waals surface area (Å²) >= 11 is 0. The van der Waals surface area contributed by atoms with Gasteiger partial charge in [-0.1, -0.05) is 26.0 Å². The van der Waals surface area contributed by atoms with Crippen LogP contribution in [0, 0.1) is 0 Å². The molecule has 0 aromatic heterocycles. The Morgan fingerprint density at radius 3 is 2.32 bits per heavy atom. The lowest BCUT2D eigenvalue weighted by atomic mass is 9.93. The first-order valence-electron chi connectivity index (χ1n) is 6.40. The van der Waals surface area contributed by atoms with E-state index in [1.807, 2.05) is 13.8 Å². The van der Waals surface area contributed by atoms with Crippen LogP contribution in [0.5, 0.6) is 0 Å². The quantitative estimate of drug-likeness (QED) is 0.752. The van der Waals surface area contributed by atoms with E-state index in [0.29, 0.717) is 24.1 Å². The van der Waals surface area contributed by atoms with Gasteiger partial charge in [0.25, 0.3) is 5.91 Å². The summed E-state index contributed by atoms with van der Waals surface area (Å²) in [5, 5.41) is 5.28. The molecule has 2 amide bonds. The summed E-state index contributed by atoms with van der Waals surface area (Å²) in [6.45, 7) is 3.74. The first kappa shape index (κ1) is 15.2. The van der Waals surface area contributed by atoms with Gasteiger partial charge in [0, 0.05) is 7.05 Å². The molecule has 0 aliphatic rings. The number of rotatable bonds is 5. The minimum absolute atomic E-state index is 0.244. The van der Waals surface area contributed by atoms with Gasteiger partial charge in [-0.25, -0.2) is 0 Å². The zero-order valence-corrected chi connectivity index (χ0v) is 11.6. The topological polar surface area (TPSA) is 84.2 Å². The van der Waals surface area contributed by atoms with Gasteiger partial charge < -0.3 is 16.4 Å². The minimum atomic E-state index is -0.907. The fraction of sp³-hybridized carbons (Fsp3) is 0.429. The molecule has 0 fully saturated rings. The lowest BCUT2D eigenvalue weighted by Gasteiger charge is -2.25. The Balaban J connectivity index is 3.00. The molecule has 0 spiro atoms. The highest BCUT2D eigenvalue weighted by Crippen LogP contribution is 2.19. The molecular weight excluding hydrogens is 242 g/mol. The van der Waals surface area contributed by atoms with Crippen LogP contribution in [0.4, 0.5) is 5.69 Å². The van der Waals surface area contributed by atoms with Crippen molar-refractivity contribution < 1.29 is 9.59 Å². The Morgan fingerprint density at radius 2 is 1.79 bits per heavy atom. The monoisotopic (exact) mass is 263 g/mol. The molecule has 0 bridgehead atoms. The normalized spacial score (nSPS) is 10.9. The van der Waals surface area contributed by atoms with Crippen molar-refractivity contribution in [3.63, 3.8) is 0 Å². The minimum Gasteiger partial charge on any atom is -0.355 e. The van der Waals surface area contributed by atoms with Crippen LogP contribution < -0.4 is 16.4 Å². The number of carbonyl (C=O) groups excluding carboxylic acids is 2. The van der Waals surface area contributed by atoms with Crippen molar-refractivity contribution in [2.45, 2.75) is 32.2 Å². The highest BCUT2D eigenvalue weighted by atomic mass is 16.2. The molecule has 0 unspecified atom stereocenters. The van der Waals surface area contributed by atoms with E-state index < -0.39 is 5.54 Å². The average molecular weight is 263 g/mol. The number of nitrogens with two attached hydrogens (primary N) is 1. The zero-order chi connectivity index (χ0) is 14.5. The number of carbonyl (C=O) groups is 2. The van der Waals surface area contributed by atoms with E-state index in [-0.39, 0.29) is 11.8 Å². The van der Waals surface area contributed by atoms with E-state index in [9.17, 15) is 9.59 Å². The predicted octanol–water partition coefficient (Wildman–Crippen LogP) is 1.50. The molecule has 0 aliphatic heterocycles. The summed E-state index contributed by atoms with van der Waals surface area (Å²) in [5.41, 5.74) is 6.03. The number of anilines is 1. The summed E-state index contributed by atoms with van der Waals surface area (Å²) in [6.07, 6.45) is 1.08. The van der Waals surface area contributed by atoms with E-state index in [2.05, 4.69) is 10.6 Å². The van der Waals surface area contributed by atoms with E-state index in [0.717, 1.165) is 0 Å². The number of nitrogens with one attached hydrogen (secondary N) is 2. The molecule has 5 nitrogen and oxygen atoms in total. The Morgan fingerprint density at radius 1 is 1.21 bits per heavy atom. The van der Waals surface area contributed by atoms with Gasteiger partial charge >= 0.3 is 0 Å². The van der Waals surface area contributed by atoms with Gasteiger partial charge in [-0.15, -0.1) is 0 Å². The van der Waals surface area contributed by atoms with Crippen LogP contribution in [0.25, 0.3) is 0 Å². The number of hydrogen-bond acceptors (Lipinski definition) is 3. The molecule has 104 valence electrons. The third kappa shape index (κ3) is 3.32. The van der Waals surface area contributed by atoms with E-state index in [1.165, 1.54) is 0 Å². The molecule has 5 heteroatoms. The fourth-order valence-corrected chi connectivity index (χ4v) is 1.74. The fourth-order valence-electron chi connectivity index (χ4n) is 1.74. The predicted molar refractivity (Wildman–Crippen MR) is 76.0 cm³/mol. The third-order valence-corrected chi connectivity index (χ3v) is 3.36. The van der Waals surface area contributed by atoms with Crippen molar-refractivity contribution in [1.29, 1.82) is 0 Å². The molecular formula is C14H21N3O2. The van der Waals surface area contributed by atoms with Crippen molar-refractivity contribution in [3.8, 4) is 0 Å². The van der Waals surface area contributed by atoms with Gasteiger partial charge in [-0.2, -0.15) is 0 Å². The van der Waals surface area contributed by atoms with Gasteiger partial charge in [0.15, 0.2) is 0 Å². The Labute approximate surface area is 113 Å². The Bertz CT molecular complexity index is 468. The van der Waals surface area contributed by atoms with E-state index >= 15 is 0 Å². The van der Waals surface area contributed by atoms with Crippen LogP contribution in [-0.4, -0.2) is 24.4 Å². The van der Waals surface area contributed by atoms with Gasteiger partial charge in [0.1, 0.15) is 0 Å². The molecule has 1 aromatic rings. The highest BCUT2D eigenvalue weighted by molar-refractivity contribution is 6.05. The van der Waals surface area contributed by atoms with Crippen molar-refractivity contribution >= 4 is 17.5 Å². The molecule has 0 aliphatic carbocycles. The number of amides is 2. The maximum atomic E-state index is 12.2. The SMILES string of the molecule is CCC(N)(CC)C(=O)Nc1ccccc1C(=O)NC. The molecule has 0 saturated heterocycles. The second-order valence-corrected chi connectivity index (χ2v) is 4.44. The maximum Gasteiger partial charge on any atom is 0.253 e. The van der Waals surface area contributed by atoms with Crippen LogP contribution in [0.15, 0.2) is 24.3 Å². The Hall–Kier alpha value is -1.88. The second-order valence-electron chi connectivity index (χ2n) is 4.44. The number of hydrogen-bond donors (Lipinski definition) is 3. The van der Waals surface area contributed by atoms with Gasteiger partial charge in [0.05, 0.1) is 16.8 Å². The van der Waals surface area contributed by atoms with Crippen LogP contribution in [0.3, 0.4) is 0 Å². The molecule has 19 heavy (non-hydrogen) atoms. The van der Waals surface area contributed by atoms with Crippen LogP contribution in [0.1, 0.15) is 37.0 Å². The average Bonchev–Trinajstić information content (AvgIpc) is 2.46. The summed E-state index contributed by atoms with van der Waals surface area (Å²) in [5.74, 6) is -0.514. The zero-order valence-electron chi connectivity index (χ0n) is 11.6. The van der Waals surface area contributed by atoms with Crippen molar-refractivity contribution in [2.24, 2.45) is 5.73 Å². The largest absolute Gasteiger partial charge is 0.355 e. The lowest BCUT2D eigenvalue weighted by molar-refractivity contribution is -0.121. The first-order chi connectivity index (χ1) is 8.98. The van der Waals surface area contributed by atoms with E-state index in [1.54, 1.807) is 31.3 Å². The van der Waals surface area contributed by atoms with E-state index in [4.69, 9.17) is 5.73 Å². The smallest absolute Gasteiger partial charge is 0.253 e. The Kier molecular flexibility index (Phi) is 5.06. The molecule has 4 N–H and O–H groups in total. The molecule has 0 saturated carbocycles. The molecule has 1 rings (SSSR count). The van der Waals surface area contributed by atoms with Crippen molar-refractivity contribution in [3.05, 3.63) is 29.8 Å². The summed E-state index contributed by atoms with van der Waals surface area (Å²) in [7, 11) is 1.55.